The lowest BCUT2D eigenvalue weighted by Gasteiger charge is -2.07. The molecule has 3 aromatic rings. The molecule has 0 bridgehead atoms. The van der Waals surface area contributed by atoms with Crippen molar-refractivity contribution in [2.24, 2.45) is 0 Å². The number of anilines is 1. The number of thiophene rings is 1. The predicted octanol–water partition coefficient (Wildman–Crippen LogP) is 4.84. The molecule has 0 fully saturated rings. The largest absolute Gasteiger partial charge is 0.384 e. The summed E-state index contributed by atoms with van der Waals surface area (Å²) in [5.41, 5.74) is 10.6. The van der Waals surface area contributed by atoms with Crippen LogP contribution in [0.5, 0.6) is 0 Å². The van der Waals surface area contributed by atoms with Gasteiger partial charge in [-0.15, -0.1) is 23.7 Å². The highest BCUT2D eigenvalue weighted by Gasteiger charge is 2.11. The number of rotatable bonds is 2. The number of aromatic nitrogens is 1. The van der Waals surface area contributed by atoms with Crippen molar-refractivity contribution in [3.63, 3.8) is 0 Å². The summed E-state index contributed by atoms with van der Waals surface area (Å²) in [5.74, 6) is 0.594. The molecule has 1 aromatic carbocycles. The van der Waals surface area contributed by atoms with Gasteiger partial charge >= 0.3 is 0 Å². The summed E-state index contributed by atoms with van der Waals surface area (Å²) in [4.78, 5) is 4.46. The Morgan fingerprint density at radius 3 is 2.70 bits per heavy atom. The summed E-state index contributed by atoms with van der Waals surface area (Å²) in [7, 11) is 0. The van der Waals surface area contributed by atoms with Gasteiger partial charge in [-0.05, 0) is 43.0 Å². The molecule has 2 N–H and O–H groups in total. The van der Waals surface area contributed by atoms with Crippen molar-refractivity contribution in [2.75, 3.05) is 5.73 Å². The molecular weight excluding hydrogens is 288 g/mol. The quantitative estimate of drug-likeness (QED) is 0.736. The first-order valence-electron chi connectivity index (χ1n) is 6.42. The molecule has 0 unspecified atom stereocenters. The second-order valence-corrected chi connectivity index (χ2v) is 5.64. The van der Waals surface area contributed by atoms with Gasteiger partial charge in [0.25, 0.3) is 0 Å². The van der Waals surface area contributed by atoms with Gasteiger partial charge in [0, 0.05) is 21.2 Å². The number of benzene rings is 1. The highest BCUT2D eigenvalue weighted by molar-refractivity contribution is 7.17. The number of hydrogen-bond donors (Lipinski definition) is 1. The zero-order valence-electron chi connectivity index (χ0n) is 11.5. The van der Waals surface area contributed by atoms with Crippen LogP contribution in [0.25, 0.3) is 21.2 Å². The number of fused-ring (bicyclic) bond motifs is 1. The van der Waals surface area contributed by atoms with Gasteiger partial charge < -0.3 is 5.73 Å². The standard InChI is InChI=1S/C16H16N2S.ClH/c1-3-14-11(5-7-16(17)18-14)13-9-19-15-6-4-10(2)8-12(13)15;/h4-9H,3H2,1-2H3,(H2,17,18);1H. The fraction of sp³-hybridized carbons (Fsp3) is 0.188. The van der Waals surface area contributed by atoms with E-state index in [9.17, 15) is 0 Å². The van der Waals surface area contributed by atoms with Crippen molar-refractivity contribution in [2.45, 2.75) is 20.3 Å². The second-order valence-electron chi connectivity index (χ2n) is 4.73. The first-order chi connectivity index (χ1) is 9.19. The smallest absolute Gasteiger partial charge is 0.123 e. The average molecular weight is 305 g/mol. The van der Waals surface area contributed by atoms with Crippen LogP contribution in [-0.2, 0) is 6.42 Å². The van der Waals surface area contributed by atoms with E-state index in [1.807, 2.05) is 6.07 Å². The van der Waals surface area contributed by atoms with Gasteiger partial charge in [0.1, 0.15) is 5.82 Å². The third-order valence-corrected chi connectivity index (χ3v) is 4.31. The monoisotopic (exact) mass is 304 g/mol. The molecule has 0 aliphatic carbocycles. The van der Waals surface area contributed by atoms with Crippen molar-refractivity contribution in [3.05, 3.63) is 47.0 Å². The summed E-state index contributed by atoms with van der Waals surface area (Å²) < 4.78 is 1.32. The van der Waals surface area contributed by atoms with Gasteiger partial charge in [-0.25, -0.2) is 4.98 Å². The molecule has 2 aromatic heterocycles. The first-order valence-corrected chi connectivity index (χ1v) is 7.30. The average Bonchev–Trinajstić information content (AvgIpc) is 2.81. The van der Waals surface area contributed by atoms with Gasteiger partial charge in [-0.3, -0.25) is 0 Å². The van der Waals surface area contributed by atoms with E-state index >= 15 is 0 Å². The second kappa shape index (κ2) is 5.81. The number of hydrogen-bond acceptors (Lipinski definition) is 3. The lowest BCUT2D eigenvalue weighted by atomic mass is 10.0. The van der Waals surface area contributed by atoms with E-state index in [2.05, 4.69) is 48.5 Å². The van der Waals surface area contributed by atoms with Crippen LogP contribution in [0.2, 0.25) is 0 Å². The van der Waals surface area contributed by atoms with E-state index in [0.717, 1.165) is 12.1 Å². The third-order valence-electron chi connectivity index (χ3n) is 3.35. The Labute approximate surface area is 129 Å². The highest BCUT2D eigenvalue weighted by Crippen LogP contribution is 2.36. The van der Waals surface area contributed by atoms with E-state index < -0.39 is 0 Å². The third kappa shape index (κ3) is 2.51. The molecule has 0 aliphatic heterocycles. The zero-order chi connectivity index (χ0) is 13.4. The molecule has 104 valence electrons. The van der Waals surface area contributed by atoms with E-state index in [1.54, 1.807) is 11.3 Å². The van der Waals surface area contributed by atoms with Gasteiger partial charge in [-0.2, -0.15) is 0 Å². The molecule has 0 amide bonds. The van der Waals surface area contributed by atoms with Crippen molar-refractivity contribution >= 4 is 39.6 Å². The number of aryl methyl sites for hydroxylation is 2. The predicted molar refractivity (Wildman–Crippen MR) is 90.8 cm³/mol. The maximum atomic E-state index is 5.78. The molecule has 0 saturated carbocycles. The van der Waals surface area contributed by atoms with Crippen molar-refractivity contribution in [1.29, 1.82) is 0 Å². The van der Waals surface area contributed by atoms with Crippen LogP contribution in [0.3, 0.4) is 0 Å². The Kier molecular flexibility index (Phi) is 4.31. The molecule has 0 aliphatic rings. The van der Waals surface area contributed by atoms with E-state index in [1.165, 1.54) is 26.8 Å². The molecule has 3 rings (SSSR count). The van der Waals surface area contributed by atoms with Crippen LogP contribution in [0.15, 0.2) is 35.7 Å². The fourth-order valence-corrected chi connectivity index (χ4v) is 3.33. The lowest BCUT2D eigenvalue weighted by Crippen LogP contribution is -1.97. The van der Waals surface area contributed by atoms with Crippen LogP contribution < -0.4 is 5.73 Å². The summed E-state index contributed by atoms with van der Waals surface area (Å²) in [6, 6.07) is 10.6. The Balaban J connectivity index is 0.00000147. The summed E-state index contributed by atoms with van der Waals surface area (Å²) >= 11 is 1.78. The van der Waals surface area contributed by atoms with Crippen LogP contribution in [0.4, 0.5) is 5.82 Å². The molecule has 2 heterocycles. The Hall–Kier alpha value is -1.58. The highest BCUT2D eigenvalue weighted by atomic mass is 35.5. The topological polar surface area (TPSA) is 38.9 Å². The van der Waals surface area contributed by atoms with Gasteiger partial charge in [0.05, 0.1) is 5.69 Å². The maximum absolute atomic E-state index is 5.78. The number of halogens is 1. The first kappa shape index (κ1) is 14.8. The number of pyridine rings is 1. The van der Waals surface area contributed by atoms with Gasteiger partial charge in [0.15, 0.2) is 0 Å². The fourth-order valence-electron chi connectivity index (χ4n) is 2.38. The minimum Gasteiger partial charge on any atom is -0.384 e. The molecule has 2 nitrogen and oxygen atoms in total. The maximum Gasteiger partial charge on any atom is 0.123 e. The summed E-state index contributed by atoms with van der Waals surface area (Å²) in [5, 5.41) is 3.53. The Morgan fingerprint density at radius 1 is 1.15 bits per heavy atom. The van der Waals surface area contributed by atoms with Crippen molar-refractivity contribution < 1.29 is 0 Å². The van der Waals surface area contributed by atoms with Crippen molar-refractivity contribution in [1.82, 2.24) is 4.98 Å². The molecule has 0 saturated heterocycles. The SMILES string of the molecule is CCc1nc(N)ccc1-c1csc2ccc(C)cc12.Cl. The van der Waals surface area contributed by atoms with Gasteiger partial charge in [0.2, 0.25) is 0 Å². The van der Waals surface area contributed by atoms with Crippen LogP contribution in [0, 0.1) is 6.92 Å². The van der Waals surface area contributed by atoms with Crippen LogP contribution in [0.1, 0.15) is 18.2 Å². The van der Waals surface area contributed by atoms with E-state index in [-0.39, 0.29) is 12.4 Å². The van der Waals surface area contributed by atoms with Gasteiger partial charge in [-0.1, -0.05) is 18.6 Å². The Bertz CT molecular complexity index is 749. The molecule has 0 spiro atoms. The van der Waals surface area contributed by atoms with Crippen molar-refractivity contribution in [3.8, 4) is 11.1 Å². The number of nitrogens with zero attached hydrogens (tertiary/aromatic N) is 1. The normalized spacial score (nSPS) is 10.5. The molecule has 0 atom stereocenters. The van der Waals surface area contributed by atoms with E-state index in [0.29, 0.717) is 5.82 Å². The zero-order valence-corrected chi connectivity index (χ0v) is 13.1. The molecule has 20 heavy (non-hydrogen) atoms. The summed E-state index contributed by atoms with van der Waals surface area (Å²) in [6.07, 6.45) is 0.892. The summed E-state index contributed by atoms with van der Waals surface area (Å²) in [6.45, 7) is 4.24. The number of nitrogen functional groups attached to an aromatic ring is 1. The molecular formula is C16H17ClN2S. The van der Waals surface area contributed by atoms with Crippen LogP contribution >= 0.6 is 23.7 Å². The minimum atomic E-state index is 0. The molecule has 0 radical (unpaired) electrons. The minimum absolute atomic E-state index is 0. The molecule has 4 heteroatoms. The number of nitrogens with two attached hydrogens (primary N) is 1. The Morgan fingerprint density at radius 2 is 1.95 bits per heavy atom. The lowest BCUT2D eigenvalue weighted by molar-refractivity contribution is 1.05. The van der Waals surface area contributed by atoms with Crippen LogP contribution in [-0.4, -0.2) is 4.98 Å². The van der Waals surface area contributed by atoms with E-state index in [4.69, 9.17) is 5.73 Å².